The van der Waals surface area contributed by atoms with E-state index in [4.69, 9.17) is 0 Å². The molecule has 2 aromatic carbocycles. The summed E-state index contributed by atoms with van der Waals surface area (Å²) in [4.78, 5) is 14.7. The van der Waals surface area contributed by atoms with Crippen LogP contribution in [0.5, 0.6) is 0 Å². The fourth-order valence-electron chi connectivity index (χ4n) is 3.47. The second kappa shape index (κ2) is 8.17. The minimum atomic E-state index is -0.364. The molecule has 28 heavy (non-hydrogen) atoms. The second-order valence-electron chi connectivity index (χ2n) is 6.93. The molecule has 1 N–H and O–H groups in total. The lowest BCUT2D eigenvalue weighted by molar-refractivity contribution is -0.120. The first-order valence-corrected chi connectivity index (χ1v) is 9.39. The van der Waals surface area contributed by atoms with Crippen molar-refractivity contribution >= 4 is 17.4 Å². The number of rotatable bonds is 4. The topological polar surface area (TPSA) is 58.1 Å². The largest absolute Gasteiger partial charge is 0.354 e. The van der Waals surface area contributed by atoms with Crippen molar-refractivity contribution in [3.63, 3.8) is 0 Å². The van der Waals surface area contributed by atoms with E-state index in [1.54, 1.807) is 12.1 Å². The summed E-state index contributed by atoms with van der Waals surface area (Å²) in [6.07, 6.45) is 1.69. The van der Waals surface area contributed by atoms with Crippen molar-refractivity contribution < 1.29 is 9.18 Å². The molecule has 6 heteroatoms. The van der Waals surface area contributed by atoms with Gasteiger partial charge < -0.3 is 10.2 Å². The van der Waals surface area contributed by atoms with Gasteiger partial charge >= 0.3 is 0 Å². The summed E-state index contributed by atoms with van der Waals surface area (Å²) in [5.74, 6) is 0.136. The van der Waals surface area contributed by atoms with Gasteiger partial charge in [0.15, 0.2) is 5.82 Å². The van der Waals surface area contributed by atoms with Gasteiger partial charge in [0.25, 0.3) is 0 Å². The van der Waals surface area contributed by atoms with Gasteiger partial charge in [-0.3, -0.25) is 4.79 Å². The summed E-state index contributed by atoms with van der Waals surface area (Å²) in [5, 5.41) is 11.5. The van der Waals surface area contributed by atoms with Crippen LogP contribution in [-0.4, -0.2) is 29.2 Å². The van der Waals surface area contributed by atoms with Crippen molar-refractivity contribution in [1.82, 2.24) is 10.2 Å². The lowest BCUT2D eigenvalue weighted by Gasteiger charge is -2.32. The van der Waals surface area contributed by atoms with Crippen molar-refractivity contribution in [1.29, 1.82) is 0 Å². The summed E-state index contributed by atoms with van der Waals surface area (Å²) in [6.45, 7) is 1.41. The number of nitrogens with zero attached hydrogens (tertiary/aromatic N) is 3. The summed E-state index contributed by atoms with van der Waals surface area (Å²) in [7, 11) is 0. The van der Waals surface area contributed by atoms with E-state index < -0.39 is 0 Å². The Hall–Kier alpha value is -3.28. The molecule has 0 saturated carbocycles. The zero-order valence-corrected chi connectivity index (χ0v) is 15.4. The third kappa shape index (κ3) is 4.17. The molecule has 0 unspecified atom stereocenters. The molecule has 1 atom stereocenters. The Balaban J connectivity index is 1.42. The normalized spacial score (nSPS) is 16.6. The van der Waals surface area contributed by atoms with Crippen LogP contribution in [0.25, 0.3) is 11.3 Å². The number of anilines is 2. The predicted octanol–water partition coefficient (Wildman–Crippen LogP) is 4.14. The maximum Gasteiger partial charge on any atom is 0.229 e. The van der Waals surface area contributed by atoms with Crippen LogP contribution in [0.1, 0.15) is 12.8 Å². The minimum Gasteiger partial charge on any atom is -0.354 e. The number of nitrogens with one attached hydrogen (secondary N) is 1. The molecule has 1 amide bonds. The molecule has 1 aliphatic heterocycles. The van der Waals surface area contributed by atoms with E-state index >= 15 is 0 Å². The lowest BCUT2D eigenvalue weighted by Crippen LogP contribution is -2.41. The van der Waals surface area contributed by atoms with Gasteiger partial charge in [-0.25, -0.2) is 4.39 Å². The first kappa shape index (κ1) is 18.1. The molecule has 3 aromatic rings. The molecule has 0 spiro atoms. The standard InChI is InChI=1S/C22H21FN4O/c23-18-9-4-10-19(14-18)24-22(28)17-8-5-13-27(15-17)21-12-11-20(25-26-21)16-6-2-1-3-7-16/h1-4,6-7,9-12,14,17H,5,8,13,15H2,(H,24,28)/t17-/m1/s1. The lowest BCUT2D eigenvalue weighted by atomic mass is 9.97. The maximum atomic E-state index is 13.3. The molecule has 1 aliphatic rings. The van der Waals surface area contributed by atoms with Crippen LogP contribution in [0.15, 0.2) is 66.7 Å². The van der Waals surface area contributed by atoms with E-state index in [0.717, 1.165) is 36.5 Å². The SMILES string of the molecule is O=C(Nc1cccc(F)c1)[C@@H]1CCCN(c2ccc(-c3ccccc3)nn2)C1. The van der Waals surface area contributed by atoms with Crippen LogP contribution in [0.3, 0.4) is 0 Å². The van der Waals surface area contributed by atoms with E-state index in [0.29, 0.717) is 12.2 Å². The van der Waals surface area contributed by atoms with Gasteiger partial charge in [-0.05, 0) is 43.2 Å². The average molecular weight is 376 g/mol. The summed E-state index contributed by atoms with van der Waals surface area (Å²) in [6, 6.07) is 19.8. The first-order chi connectivity index (χ1) is 13.7. The van der Waals surface area contributed by atoms with Crippen molar-refractivity contribution in [2.24, 2.45) is 5.92 Å². The fraction of sp³-hybridized carbons (Fsp3) is 0.227. The zero-order chi connectivity index (χ0) is 19.3. The van der Waals surface area contributed by atoms with Gasteiger partial charge in [-0.15, -0.1) is 10.2 Å². The quantitative estimate of drug-likeness (QED) is 0.744. The van der Waals surface area contributed by atoms with Crippen molar-refractivity contribution in [2.45, 2.75) is 12.8 Å². The Bertz CT molecular complexity index is 946. The monoisotopic (exact) mass is 376 g/mol. The molecule has 1 aromatic heterocycles. The van der Waals surface area contributed by atoms with E-state index in [2.05, 4.69) is 20.4 Å². The predicted molar refractivity (Wildman–Crippen MR) is 107 cm³/mol. The molecular weight excluding hydrogens is 355 g/mol. The average Bonchev–Trinajstić information content (AvgIpc) is 2.75. The van der Waals surface area contributed by atoms with E-state index in [1.807, 2.05) is 42.5 Å². The van der Waals surface area contributed by atoms with E-state index in [9.17, 15) is 9.18 Å². The number of carbonyl (C=O) groups is 1. The Morgan fingerprint density at radius 3 is 2.64 bits per heavy atom. The van der Waals surface area contributed by atoms with Crippen LogP contribution in [-0.2, 0) is 4.79 Å². The highest BCUT2D eigenvalue weighted by Crippen LogP contribution is 2.24. The van der Waals surface area contributed by atoms with Crippen LogP contribution >= 0.6 is 0 Å². The first-order valence-electron chi connectivity index (χ1n) is 9.39. The molecule has 0 bridgehead atoms. The van der Waals surface area contributed by atoms with Crippen LogP contribution < -0.4 is 10.2 Å². The van der Waals surface area contributed by atoms with Crippen LogP contribution in [0, 0.1) is 11.7 Å². The summed E-state index contributed by atoms with van der Waals surface area (Å²) in [5.41, 5.74) is 2.32. The molecular formula is C22H21FN4O. The van der Waals surface area contributed by atoms with Crippen molar-refractivity contribution in [3.05, 3.63) is 72.5 Å². The number of hydrogen-bond donors (Lipinski definition) is 1. The Morgan fingerprint density at radius 2 is 1.89 bits per heavy atom. The molecule has 4 rings (SSSR count). The third-order valence-electron chi connectivity index (χ3n) is 4.93. The molecule has 1 saturated heterocycles. The zero-order valence-electron chi connectivity index (χ0n) is 15.4. The highest BCUT2D eigenvalue weighted by Gasteiger charge is 2.27. The molecule has 1 fully saturated rings. The van der Waals surface area contributed by atoms with Gasteiger partial charge in [0.05, 0.1) is 11.6 Å². The van der Waals surface area contributed by atoms with Gasteiger partial charge in [0.1, 0.15) is 5.82 Å². The Kier molecular flexibility index (Phi) is 5.28. The fourth-order valence-corrected chi connectivity index (χ4v) is 3.47. The summed E-state index contributed by atoms with van der Waals surface area (Å²) >= 11 is 0. The Labute approximate surface area is 163 Å². The number of carbonyl (C=O) groups excluding carboxylic acids is 1. The number of hydrogen-bond acceptors (Lipinski definition) is 4. The molecule has 0 radical (unpaired) electrons. The van der Waals surface area contributed by atoms with Gasteiger partial charge in [-0.2, -0.15) is 0 Å². The maximum absolute atomic E-state index is 13.3. The van der Waals surface area contributed by atoms with Crippen LogP contribution in [0.4, 0.5) is 15.9 Å². The molecule has 5 nitrogen and oxygen atoms in total. The van der Waals surface area contributed by atoms with E-state index in [-0.39, 0.29) is 17.6 Å². The van der Waals surface area contributed by atoms with Crippen molar-refractivity contribution in [3.8, 4) is 11.3 Å². The Morgan fingerprint density at radius 1 is 1.04 bits per heavy atom. The van der Waals surface area contributed by atoms with Gasteiger partial charge in [0.2, 0.25) is 5.91 Å². The highest BCUT2D eigenvalue weighted by atomic mass is 19.1. The minimum absolute atomic E-state index is 0.0934. The van der Waals surface area contributed by atoms with Gasteiger partial charge in [0, 0.05) is 24.3 Å². The third-order valence-corrected chi connectivity index (χ3v) is 4.93. The number of aromatic nitrogens is 2. The molecule has 2 heterocycles. The number of halogens is 1. The molecule has 0 aliphatic carbocycles. The summed E-state index contributed by atoms with van der Waals surface area (Å²) < 4.78 is 13.3. The molecule has 142 valence electrons. The van der Waals surface area contributed by atoms with Crippen LogP contribution in [0.2, 0.25) is 0 Å². The second-order valence-corrected chi connectivity index (χ2v) is 6.93. The highest BCUT2D eigenvalue weighted by molar-refractivity contribution is 5.93. The van der Waals surface area contributed by atoms with Gasteiger partial charge in [-0.1, -0.05) is 36.4 Å². The number of benzene rings is 2. The number of amides is 1. The van der Waals surface area contributed by atoms with Crippen molar-refractivity contribution in [2.75, 3.05) is 23.3 Å². The smallest absolute Gasteiger partial charge is 0.229 e. The van der Waals surface area contributed by atoms with E-state index in [1.165, 1.54) is 12.1 Å². The number of piperidine rings is 1.